The van der Waals surface area contributed by atoms with Crippen molar-refractivity contribution >= 4 is 11.6 Å². The van der Waals surface area contributed by atoms with Gasteiger partial charge in [-0.2, -0.15) is 0 Å². The summed E-state index contributed by atoms with van der Waals surface area (Å²) in [6, 6.07) is 7.85. The third-order valence-corrected chi connectivity index (χ3v) is 2.40. The first-order chi connectivity index (χ1) is 7.66. The van der Waals surface area contributed by atoms with Crippen molar-refractivity contribution < 1.29 is 0 Å². The van der Waals surface area contributed by atoms with Crippen LogP contribution in [0.2, 0.25) is 0 Å². The van der Waals surface area contributed by atoms with E-state index in [9.17, 15) is 0 Å². The van der Waals surface area contributed by atoms with Crippen LogP contribution in [0.3, 0.4) is 0 Å². The number of aryl methyl sites for hydroxylation is 1. The lowest BCUT2D eigenvalue weighted by atomic mass is 10.1. The van der Waals surface area contributed by atoms with Gasteiger partial charge in [0, 0.05) is 12.7 Å². The number of nitrogens with zero attached hydrogens (tertiary/aromatic N) is 4. The summed E-state index contributed by atoms with van der Waals surface area (Å²) in [6.07, 6.45) is 0. The molecule has 1 aromatic heterocycles. The van der Waals surface area contributed by atoms with Gasteiger partial charge in [0.1, 0.15) is 0 Å². The van der Waals surface area contributed by atoms with E-state index in [1.807, 2.05) is 31.2 Å². The van der Waals surface area contributed by atoms with E-state index < -0.39 is 0 Å². The second kappa shape index (κ2) is 4.18. The number of tetrazole rings is 1. The predicted octanol–water partition coefficient (Wildman–Crippen LogP) is 0.965. The van der Waals surface area contributed by atoms with E-state index in [1.54, 1.807) is 11.7 Å². The molecule has 3 N–H and O–H groups in total. The largest absolute Gasteiger partial charge is 0.399 e. The molecular weight excluding hydrogens is 204 g/mol. The molecule has 6 nitrogen and oxygen atoms in total. The van der Waals surface area contributed by atoms with E-state index in [0.717, 1.165) is 11.3 Å². The van der Waals surface area contributed by atoms with Gasteiger partial charge in [-0.25, -0.2) is 4.68 Å². The van der Waals surface area contributed by atoms with Crippen molar-refractivity contribution in [3.8, 4) is 0 Å². The van der Waals surface area contributed by atoms with Crippen LogP contribution >= 0.6 is 0 Å². The highest BCUT2D eigenvalue weighted by molar-refractivity contribution is 5.41. The van der Waals surface area contributed by atoms with Gasteiger partial charge >= 0.3 is 0 Å². The zero-order valence-electron chi connectivity index (χ0n) is 9.25. The Labute approximate surface area is 93.5 Å². The average Bonchev–Trinajstić information content (AvgIpc) is 2.65. The normalized spacial score (nSPS) is 12.4. The molecule has 0 saturated heterocycles. The minimum Gasteiger partial charge on any atom is -0.399 e. The van der Waals surface area contributed by atoms with Gasteiger partial charge < -0.3 is 11.1 Å². The van der Waals surface area contributed by atoms with Crippen molar-refractivity contribution in [2.45, 2.75) is 13.0 Å². The van der Waals surface area contributed by atoms with Crippen molar-refractivity contribution in [3.05, 3.63) is 29.8 Å². The van der Waals surface area contributed by atoms with E-state index in [4.69, 9.17) is 5.73 Å². The summed E-state index contributed by atoms with van der Waals surface area (Å²) in [5.74, 6) is 0.643. The molecule has 2 aromatic rings. The monoisotopic (exact) mass is 218 g/mol. The molecule has 1 heterocycles. The Morgan fingerprint density at radius 3 is 2.56 bits per heavy atom. The molecule has 0 amide bonds. The van der Waals surface area contributed by atoms with Crippen molar-refractivity contribution in [1.29, 1.82) is 0 Å². The Morgan fingerprint density at radius 1 is 1.31 bits per heavy atom. The fourth-order valence-electron chi connectivity index (χ4n) is 1.41. The third-order valence-electron chi connectivity index (χ3n) is 2.40. The summed E-state index contributed by atoms with van der Waals surface area (Å²) in [6.45, 7) is 2.04. The van der Waals surface area contributed by atoms with Gasteiger partial charge in [-0.05, 0) is 35.0 Å². The van der Waals surface area contributed by atoms with Crippen molar-refractivity contribution in [2.75, 3.05) is 11.1 Å². The molecule has 0 bridgehead atoms. The number of hydrogen-bond donors (Lipinski definition) is 2. The van der Waals surface area contributed by atoms with Gasteiger partial charge in [-0.1, -0.05) is 17.2 Å². The first-order valence-electron chi connectivity index (χ1n) is 5.01. The average molecular weight is 218 g/mol. The maximum Gasteiger partial charge on any atom is 0.243 e. The van der Waals surface area contributed by atoms with Crippen LogP contribution in [0.1, 0.15) is 18.5 Å². The van der Waals surface area contributed by atoms with Crippen LogP contribution in [-0.2, 0) is 7.05 Å². The predicted molar refractivity (Wildman–Crippen MR) is 61.7 cm³/mol. The molecule has 6 heteroatoms. The molecule has 16 heavy (non-hydrogen) atoms. The number of nitrogens with one attached hydrogen (secondary N) is 1. The third kappa shape index (κ3) is 2.10. The van der Waals surface area contributed by atoms with Crippen LogP contribution in [0, 0.1) is 0 Å². The molecule has 0 radical (unpaired) electrons. The molecule has 0 aliphatic carbocycles. The quantitative estimate of drug-likeness (QED) is 0.750. The summed E-state index contributed by atoms with van der Waals surface area (Å²) in [7, 11) is 1.79. The smallest absolute Gasteiger partial charge is 0.243 e. The number of anilines is 2. The highest BCUT2D eigenvalue weighted by Crippen LogP contribution is 2.17. The highest BCUT2D eigenvalue weighted by atomic mass is 15.6. The number of hydrogen-bond acceptors (Lipinski definition) is 5. The van der Waals surface area contributed by atoms with Crippen LogP contribution in [-0.4, -0.2) is 20.2 Å². The number of benzene rings is 1. The Kier molecular flexibility index (Phi) is 2.72. The van der Waals surface area contributed by atoms with E-state index in [2.05, 4.69) is 20.8 Å². The zero-order chi connectivity index (χ0) is 11.5. The van der Waals surface area contributed by atoms with Gasteiger partial charge in [-0.15, -0.1) is 0 Å². The number of nitrogens with two attached hydrogens (primary N) is 1. The number of aromatic nitrogens is 4. The number of nitrogen functional groups attached to an aromatic ring is 1. The van der Waals surface area contributed by atoms with Crippen molar-refractivity contribution in [2.24, 2.45) is 7.05 Å². The summed E-state index contributed by atoms with van der Waals surface area (Å²) in [5.41, 5.74) is 7.53. The Hall–Kier alpha value is -2.11. The van der Waals surface area contributed by atoms with Gasteiger partial charge in [0.05, 0.1) is 6.04 Å². The van der Waals surface area contributed by atoms with E-state index in [0.29, 0.717) is 5.95 Å². The van der Waals surface area contributed by atoms with Crippen LogP contribution in [0.4, 0.5) is 11.6 Å². The van der Waals surface area contributed by atoms with Gasteiger partial charge in [-0.3, -0.25) is 0 Å². The molecule has 0 aliphatic heterocycles. The lowest BCUT2D eigenvalue weighted by Gasteiger charge is -2.13. The van der Waals surface area contributed by atoms with Crippen LogP contribution in [0.5, 0.6) is 0 Å². The maximum absolute atomic E-state index is 5.63. The summed E-state index contributed by atoms with van der Waals surface area (Å²) >= 11 is 0. The Morgan fingerprint density at radius 2 is 2.00 bits per heavy atom. The zero-order valence-corrected chi connectivity index (χ0v) is 9.25. The first-order valence-corrected chi connectivity index (χ1v) is 5.01. The highest BCUT2D eigenvalue weighted by Gasteiger charge is 2.08. The molecule has 1 atom stereocenters. The second-order valence-electron chi connectivity index (χ2n) is 3.66. The SMILES string of the molecule is CC(Nc1nnnn1C)c1ccc(N)cc1. The molecule has 0 fully saturated rings. The molecule has 0 saturated carbocycles. The van der Waals surface area contributed by atoms with E-state index in [1.165, 1.54) is 0 Å². The molecule has 0 aliphatic rings. The van der Waals surface area contributed by atoms with Crippen LogP contribution in [0.25, 0.3) is 0 Å². The molecule has 84 valence electrons. The molecule has 1 unspecified atom stereocenters. The molecule has 0 spiro atoms. The van der Waals surface area contributed by atoms with E-state index in [-0.39, 0.29) is 6.04 Å². The molecular formula is C10H14N6. The van der Waals surface area contributed by atoms with Gasteiger partial charge in [0.25, 0.3) is 0 Å². The van der Waals surface area contributed by atoms with Crippen LogP contribution in [0.15, 0.2) is 24.3 Å². The lowest BCUT2D eigenvalue weighted by Crippen LogP contribution is -2.10. The lowest BCUT2D eigenvalue weighted by molar-refractivity contribution is 0.706. The van der Waals surface area contributed by atoms with Crippen LogP contribution < -0.4 is 11.1 Å². The topological polar surface area (TPSA) is 81.7 Å². The van der Waals surface area contributed by atoms with E-state index >= 15 is 0 Å². The fraction of sp³-hybridized carbons (Fsp3) is 0.300. The summed E-state index contributed by atoms with van der Waals surface area (Å²) in [4.78, 5) is 0. The Bertz CT molecular complexity index is 460. The first kappa shape index (κ1) is 10.4. The van der Waals surface area contributed by atoms with Crippen molar-refractivity contribution in [1.82, 2.24) is 20.2 Å². The summed E-state index contributed by atoms with van der Waals surface area (Å²) < 4.78 is 1.59. The maximum atomic E-state index is 5.63. The minimum absolute atomic E-state index is 0.130. The van der Waals surface area contributed by atoms with Gasteiger partial charge in [0.2, 0.25) is 5.95 Å². The summed E-state index contributed by atoms with van der Waals surface area (Å²) in [5, 5.41) is 14.4. The Balaban J connectivity index is 2.11. The fourth-order valence-corrected chi connectivity index (χ4v) is 1.41. The molecule has 2 rings (SSSR count). The number of rotatable bonds is 3. The van der Waals surface area contributed by atoms with Crippen molar-refractivity contribution in [3.63, 3.8) is 0 Å². The molecule has 1 aromatic carbocycles. The van der Waals surface area contributed by atoms with Gasteiger partial charge in [0.15, 0.2) is 0 Å². The minimum atomic E-state index is 0.130. The standard InChI is InChI=1S/C10H14N6/c1-7(8-3-5-9(11)6-4-8)12-10-13-14-15-16(10)2/h3-7H,11H2,1-2H3,(H,12,13,15). The second-order valence-corrected chi connectivity index (χ2v) is 3.66.